The Labute approximate surface area is 211 Å². The zero-order chi connectivity index (χ0) is 24.5. The molecule has 7 nitrogen and oxygen atoms in total. The maximum absolute atomic E-state index is 12.5. The molecule has 0 amide bonds. The molecule has 2 aliphatic rings. The molecule has 182 valence electrons. The second-order valence-electron chi connectivity index (χ2n) is 9.08. The molecule has 0 bridgehead atoms. The molecule has 0 radical (unpaired) electrons. The molecule has 8 heteroatoms. The van der Waals surface area contributed by atoms with Gasteiger partial charge in [-0.25, -0.2) is 4.79 Å². The van der Waals surface area contributed by atoms with Crippen molar-refractivity contribution in [3.63, 3.8) is 0 Å². The van der Waals surface area contributed by atoms with Crippen LogP contribution in [-0.2, 0) is 9.47 Å². The van der Waals surface area contributed by atoms with E-state index in [1.807, 2.05) is 42.6 Å². The van der Waals surface area contributed by atoms with Crippen LogP contribution >= 0.6 is 12.2 Å². The minimum Gasteiger partial charge on any atom is -0.465 e. The Morgan fingerprint density at radius 1 is 1.23 bits per heavy atom. The molecule has 5 rings (SSSR count). The third kappa shape index (κ3) is 4.32. The van der Waals surface area contributed by atoms with Gasteiger partial charge in [0, 0.05) is 30.7 Å². The van der Waals surface area contributed by atoms with Crippen molar-refractivity contribution in [3.8, 4) is 5.69 Å². The lowest BCUT2D eigenvalue weighted by Gasteiger charge is -2.30. The molecule has 4 heterocycles. The maximum atomic E-state index is 12.5. The standard InChI is InChI=1S/C27H30N4O3S/c1-17-15-21(18(2)31(17)23-12-5-4-10-20(23)26(32)33-3)25-24(22-11-6-7-13-28-22)29-27(35)30(25)16-19-9-8-14-34-19/h4-7,10-13,15,19,24-25H,8-9,14,16H2,1-3H3,(H,29,35)/t19-,24-,25-/m1/s1. The minimum atomic E-state index is -0.357. The van der Waals surface area contributed by atoms with Crippen LogP contribution in [0.25, 0.3) is 5.69 Å². The monoisotopic (exact) mass is 490 g/mol. The van der Waals surface area contributed by atoms with Crippen LogP contribution in [0.1, 0.15) is 57.9 Å². The van der Waals surface area contributed by atoms with E-state index in [1.165, 1.54) is 7.11 Å². The smallest absolute Gasteiger partial charge is 0.339 e. The summed E-state index contributed by atoms with van der Waals surface area (Å²) in [5.74, 6) is -0.357. The highest BCUT2D eigenvalue weighted by molar-refractivity contribution is 7.80. The number of rotatable bonds is 6. The number of aromatic nitrogens is 2. The highest BCUT2D eigenvalue weighted by Crippen LogP contribution is 2.42. The molecule has 2 aliphatic heterocycles. The first kappa shape index (κ1) is 23.5. The Balaban J connectivity index is 1.61. The lowest BCUT2D eigenvalue weighted by atomic mass is 9.96. The average Bonchev–Trinajstić information content (AvgIpc) is 3.58. The molecule has 0 unspecified atom stereocenters. The molecule has 0 saturated carbocycles. The Bertz CT molecular complexity index is 1240. The molecule has 2 saturated heterocycles. The van der Waals surface area contributed by atoms with Crippen LogP contribution in [-0.4, -0.2) is 51.9 Å². The number of hydrogen-bond donors (Lipinski definition) is 1. The summed E-state index contributed by atoms with van der Waals surface area (Å²) in [6, 6.07) is 15.5. The largest absolute Gasteiger partial charge is 0.465 e. The van der Waals surface area contributed by atoms with Gasteiger partial charge < -0.3 is 24.3 Å². The van der Waals surface area contributed by atoms with Crippen LogP contribution < -0.4 is 5.32 Å². The number of pyridine rings is 1. The predicted octanol–water partition coefficient (Wildman–Crippen LogP) is 4.43. The number of benzene rings is 1. The van der Waals surface area contributed by atoms with Crippen molar-refractivity contribution in [2.45, 2.75) is 44.9 Å². The number of nitrogens with zero attached hydrogens (tertiary/aromatic N) is 3. The van der Waals surface area contributed by atoms with Crippen molar-refractivity contribution in [1.82, 2.24) is 19.8 Å². The molecule has 2 fully saturated rings. The number of thiocarbonyl (C=S) groups is 1. The summed E-state index contributed by atoms with van der Waals surface area (Å²) in [7, 11) is 1.41. The van der Waals surface area contributed by atoms with Gasteiger partial charge in [0.2, 0.25) is 0 Å². The van der Waals surface area contributed by atoms with E-state index < -0.39 is 0 Å². The van der Waals surface area contributed by atoms with E-state index in [0.29, 0.717) is 10.7 Å². The number of aryl methyl sites for hydroxylation is 1. The molecule has 2 aromatic heterocycles. The molecule has 1 aromatic carbocycles. The molecule has 1 N–H and O–H groups in total. The highest BCUT2D eigenvalue weighted by Gasteiger charge is 2.42. The van der Waals surface area contributed by atoms with Crippen molar-refractivity contribution in [1.29, 1.82) is 0 Å². The van der Waals surface area contributed by atoms with Crippen molar-refractivity contribution < 1.29 is 14.3 Å². The molecule has 0 spiro atoms. The molecular weight excluding hydrogens is 460 g/mol. The van der Waals surface area contributed by atoms with Crippen LogP contribution in [0.2, 0.25) is 0 Å². The first-order valence-electron chi connectivity index (χ1n) is 12.0. The quantitative estimate of drug-likeness (QED) is 0.405. The third-order valence-corrected chi connectivity index (χ3v) is 7.31. The zero-order valence-electron chi connectivity index (χ0n) is 20.2. The Morgan fingerprint density at radius 3 is 2.74 bits per heavy atom. The Hall–Kier alpha value is -3.23. The number of carbonyl (C=O) groups is 1. The van der Waals surface area contributed by atoms with Gasteiger partial charge in [-0.1, -0.05) is 18.2 Å². The second kappa shape index (κ2) is 9.79. The van der Waals surface area contributed by atoms with Gasteiger partial charge in [-0.2, -0.15) is 0 Å². The van der Waals surface area contributed by atoms with Crippen molar-refractivity contribution in [3.05, 3.63) is 82.9 Å². The van der Waals surface area contributed by atoms with Gasteiger partial charge in [-0.15, -0.1) is 0 Å². The topological polar surface area (TPSA) is 68.6 Å². The Kier molecular flexibility index (Phi) is 6.58. The highest BCUT2D eigenvalue weighted by atomic mass is 32.1. The van der Waals surface area contributed by atoms with Gasteiger partial charge in [0.25, 0.3) is 0 Å². The van der Waals surface area contributed by atoms with Crippen molar-refractivity contribution in [2.75, 3.05) is 20.3 Å². The maximum Gasteiger partial charge on any atom is 0.339 e. The van der Waals surface area contributed by atoms with E-state index >= 15 is 0 Å². The first-order valence-corrected chi connectivity index (χ1v) is 12.4. The van der Waals surface area contributed by atoms with Crippen molar-refractivity contribution in [2.24, 2.45) is 0 Å². The number of ether oxygens (including phenoxy) is 2. The summed E-state index contributed by atoms with van der Waals surface area (Å²) in [5, 5.41) is 4.24. The summed E-state index contributed by atoms with van der Waals surface area (Å²) in [6.07, 6.45) is 4.08. The number of nitrogens with one attached hydrogen (secondary N) is 1. The average molecular weight is 491 g/mol. The van der Waals surface area contributed by atoms with Gasteiger partial charge in [-0.3, -0.25) is 4.98 Å². The minimum absolute atomic E-state index is 0.0631. The van der Waals surface area contributed by atoms with E-state index in [-0.39, 0.29) is 24.2 Å². The fraction of sp³-hybridized carbons (Fsp3) is 0.370. The molecule has 3 aromatic rings. The van der Waals surface area contributed by atoms with E-state index in [2.05, 4.69) is 39.7 Å². The van der Waals surface area contributed by atoms with Crippen LogP contribution in [0.4, 0.5) is 0 Å². The van der Waals surface area contributed by atoms with Gasteiger partial charge in [0.15, 0.2) is 5.11 Å². The second-order valence-corrected chi connectivity index (χ2v) is 9.47. The van der Waals surface area contributed by atoms with Crippen LogP contribution in [0.3, 0.4) is 0 Å². The van der Waals surface area contributed by atoms with E-state index in [1.54, 1.807) is 6.07 Å². The van der Waals surface area contributed by atoms with E-state index in [4.69, 9.17) is 21.7 Å². The summed E-state index contributed by atoms with van der Waals surface area (Å²) in [4.78, 5) is 19.4. The summed E-state index contributed by atoms with van der Waals surface area (Å²) in [6.45, 7) is 5.68. The number of carbonyl (C=O) groups excluding carboxylic acids is 1. The summed E-state index contributed by atoms with van der Waals surface area (Å²) in [5.41, 5.74) is 5.49. The predicted molar refractivity (Wildman–Crippen MR) is 138 cm³/mol. The van der Waals surface area contributed by atoms with Crippen molar-refractivity contribution >= 4 is 23.3 Å². The number of methoxy groups -OCH3 is 1. The normalized spacial score (nSPS) is 21.9. The lowest BCUT2D eigenvalue weighted by molar-refractivity contribution is 0.0600. The third-order valence-electron chi connectivity index (χ3n) is 6.96. The summed E-state index contributed by atoms with van der Waals surface area (Å²) >= 11 is 5.84. The number of hydrogen-bond acceptors (Lipinski definition) is 5. The Morgan fingerprint density at radius 2 is 2.03 bits per heavy atom. The van der Waals surface area contributed by atoms with Gasteiger partial charge >= 0.3 is 5.97 Å². The fourth-order valence-electron chi connectivity index (χ4n) is 5.36. The fourth-order valence-corrected chi connectivity index (χ4v) is 5.67. The number of esters is 1. The van der Waals surface area contributed by atoms with Gasteiger partial charge in [0.05, 0.1) is 42.2 Å². The number of para-hydroxylation sites is 1. The van der Waals surface area contributed by atoms with E-state index in [0.717, 1.165) is 54.3 Å². The molecular formula is C27H30N4O3S. The summed E-state index contributed by atoms with van der Waals surface area (Å²) < 4.78 is 13.2. The molecule has 3 atom stereocenters. The van der Waals surface area contributed by atoms with Crippen LogP contribution in [0.5, 0.6) is 0 Å². The SMILES string of the molecule is COC(=O)c1ccccc1-n1c(C)cc([C@@H]2[C@@H](c3ccccn3)NC(=S)N2C[C@H]2CCCO2)c1C. The van der Waals surface area contributed by atoms with Gasteiger partial charge in [-0.05, 0) is 74.8 Å². The molecule has 35 heavy (non-hydrogen) atoms. The first-order chi connectivity index (χ1) is 17.0. The lowest BCUT2D eigenvalue weighted by Crippen LogP contribution is -2.36. The van der Waals surface area contributed by atoms with E-state index in [9.17, 15) is 4.79 Å². The van der Waals surface area contributed by atoms with Gasteiger partial charge in [0.1, 0.15) is 0 Å². The molecule has 0 aliphatic carbocycles. The van der Waals surface area contributed by atoms with Crippen LogP contribution in [0, 0.1) is 13.8 Å². The zero-order valence-corrected chi connectivity index (χ0v) is 21.0. The van der Waals surface area contributed by atoms with Crippen LogP contribution in [0.15, 0.2) is 54.7 Å².